The number of benzene rings is 1. The fourth-order valence-corrected chi connectivity index (χ4v) is 2.74. The van der Waals surface area contributed by atoms with Crippen LogP contribution in [0.2, 0.25) is 0 Å². The van der Waals surface area contributed by atoms with Crippen LogP contribution in [0, 0.1) is 0 Å². The summed E-state index contributed by atoms with van der Waals surface area (Å²) < 4.78 is 1.45. The number of aromatic nitrogens is 5. The zero-order chi connectivity index (χ0) is 17.9. The molecule has 7 nitrogen and oxygen atoms in total. The van der Waals surface area contributed by atoms with Crippen LogP contribution in [0.4, 0.5) is 0 Å². The Morgan fingerprint density at radius 3 is 2.65 bits per heavy atom. The Labute approximate surface area is 149 Å². The molecule has 0 aliphatic rings. The van der Waals surface area contributed by atoms with Gasteiger partial charge in [0.05, 0.1) is 11.7 Å². The fraction of sp³-hybridized carbons (Fsp3) is 0.105. The molecule has 1 N–H and O–H groups in total. The Kier molecular flexibility index (Phi) is 4.10. The van der Waals surface area contributed by atoms with Gasteiger partial charge in [0.1, 0.15) is 12.0 Å². The predicted octanol–water partition coefficient (Wildman–Crippen LogP) is 2.68. The van der Waals surface area contributed by atoms with E-state index in [0.717, 1.165) is 11.1 Å². The molecule has 26 heavy (non-hydrogen) atoms. The predicted molar refractivity (Wildman–Crippen MR) is 96.3 cm³/mol. The van der Waals surface area contributed by atoms with Crippen LogP contribution in [0.25, 0.3) is 17.0 Å². The number of fused-ring (bicyclic) bond motifs is 1. The van der Waals surface area contributed by atoms with E-state index in [9.17, 15) is 4.79 Å². The van der Waals surface area contributed by atoms with Crippen LogP contribution in [0.3, 0.4) is 0 Å². The summed E-state index contributed by atoms with van der Waals surface area (Å²) >= 11 is 0. The molecule has 128 valence electrons. The first-order valence-corrected chi connectivity index (χ1v) is 8.19. The molecule has 4 rings (SSSR count). The lowest BCUT2D eigenvalue weighted by molar-refractivity contribution is 0.0932. The first-order valence-electron chi connectivity index (χ1n) is 8.19. The zero-order valence-corrected chi connectivity index (χ0v) is 14.1. The maximum atomic E-state index is 12.9. The van der Waals surface area contributed by atoms with Crippen molar-refractivity contribution in [1.82, 2.24) is 29.9 Å². The van der Waals surface area contributed by atoms with Crippen molar-refractivity contribution in [2.45, 2.75) is 13.0 Å². The average molecular weight is 344 g/mol. The normalized spacial score (nSPS) is 12.0. The van der Waals surface area contributed by atoms with Crippen LogP contribution in [-0.2, 0) is 0 Å². The monoisotopic (exact) mass is 344 g/mol. The third-order valence-corrected chi connectivity index (χ3v) is 4.11. The lowest BCUT2D eigenvalue weighted by atomic mass is 10.1. The fourth-order valence-electron chi connectivity index (χ4n) is 2.74. The number of nitrogens with one attached hydrogen (secondary N) is 1. The Morgan fingerprint density at radius 2 is 1.88 bits per heavy atom. The van der Waals surface area contributed by atoms with Gasteiger partial charge in [-0.15, -0.1) is 0 Å². The molecule has 0 fully saturated rings. The maximum absolute atomic E-state index is 12.9. The molecule has 1 amide bonds. The van der Waals surface area contributed by atoms with Gasteiger partial charge in [-0.25, -0.2) is 4.98 Å². The second kappa shape index (κ2) is 6.72. The minimum Gasteiger partial charge on any atom is -0.344 e. The van der Waals surface area contributed by atoms with E-state index in [4.69, 9.17) is 0 Å². The Balaban J connectivity index is 1.71. The van der Waals surface area contributed by atoms with Gasteiger partial charge >= 0.3 is 0 Å². The number of amides is 1. The highest BCUT2D eigenvalue weighted by Gasteiger charge is 2.18. The highest BCUT2D eigenvalue weighted by atomic mass is 16.2. The van der Waals surface area contributed by atoms with Gasteiger partial charge in [-0.3, -0.25) is 9.78 Å². The van der Waals surface area contributed by atoms with Gasteiger partial charge in [0.25, 0.3) is 11.7 Å². The summed E-state index contributed by atoms with van der Waals surface area (Å²) in [5.74, 6) is 0.137. The van der Waals surface area contributed by atoms with Crippen LogP contribution in [-0.4, -0.2) is 30.5 Å². The maximum Gasteiger partial charge on any atom is 0.270 e. The topological polar surface area (TPSA) is 85.1 Å². The number of hydrogen-bond acceptors (Lipinski definition) is 5. The molecule has 0 aliphatic carbocycles. The van der Waals surface area contributed by atoms with Crippen molar-refractivity contribution in [1.29, 1.82) is 0 Å². The third-order valence-electron chi connectivity index (χ3n) is 4.11. The summed E-state index contributed by atoms with van der Waals surface area (Å²) in [6.45, 7) is 1.92. The minimum absolute atomic E-state index is 0.169. The second-order valence-corrected chi connectivity index (χ2v) is 5.84. The molecule has 1 unspecified atom stereocenters. The van der Waals surface area contributed by atoms with Crippen molar-refractivity contribution in [3.05, 3.63) is 78.5 Å². The van der Waals surface area contributed by atoms with E-state index in [-0.39, 0.29) is 11.9 Å². The van der Waals surface area contributed by atoms with Crippen LogP contribution < -0.4 is 5.32 Å². The summed E-state index contributed by atoms with van der Waals surface area (Å²) in [6.07, 6.45) is 4.79. The average Bonchev–Trinajstić information content (AvgIpc) is 3.17. The van der Waals surface area contributed by atoms with Crippen molar-refractivity contribution in [2.24, 2.45) is 0 Å². The zero-order valence-electron chi connectivity index (χ0n) is 14.1. The molecule has 3 heterocycles. The van der Waals surface area contributed by atoms with E-state index in [2.05, 4.69) is 25.4 Å². The molecule has 0 bridgehead atoms. The van der Waals surface area contributed by atoms with Crippen molar-refractivity contribution in [3.8, 4) is 11.3 Å². The molecule has 3 aromatic heterocycles. The van der Waals surface area contributed by atoms with Gasteiger partial charge in [-0.2, -0.15) is 14.6 Å². The molecule has 0 aliphatic heterocycles. The standard InChI is InChI=1S/C19H16N6O/c1-13(14-7-9-20-10-8-14)23-18(26)17-11-16(15-5-3-2-4-6-15)24-19-21-12-22-25(17)19/h2-13H,1H3,(H,23,26). The van der Waals surface area contributed by atoms with Crippen LogP contribution in [0.1, 0.15) is 29.0 Å². The molecule has 0 spiro atoms. The van der Waals surface area contributed by atoms with Gasteiger partial charge in [-0.1, -0.05) is 30.3 Å². The van der Waals surface area contributed by atoms with Crippen molar-refractivity contribution >= 4 is 11.7 Å². The van der Waals surface area contributed by atoms with E-state index < -0.39 is 0 Å². The molecule has 0 saturated carbocycles. The van der Waals surface area contributed by atoms with E-state index >= 15 is 0 Å². The Hall–Kier alpha value is -3.61. The van der Waals surface area contributed by atoms with Gasteiger partial charge in [0.2, 0.25) is 0 Å². The Bertz CT molecular complexity index is 1050. The van der Waals surface area contributed by atoms with E-state index in [0.29, 0.717) is 17.2 Å². The van der Waals surface area contributed by atoms with E-state index in [1.165, 1.54) is 10.8 Å². The van der Waals surface area contributed by atoms with Gasteiger partial charge in [0.15, 0.2) is 0 Å². The second-order valence-electron chi connectivity index (χ2n) is 5.84. The summed E-state index contributed by atoms with van der Waals surface area (Å²) in [5.41, 5.74) is 2.94. The van der Waals surface area contributed by atoms with Crippen LogP contribution >= 0.6 is 0 Å². The van der Waals surface area contributed by atoms with Crippen LogP contribution in [0.5, 0.6) is 0 Å². The van der Waals surface area contributed by atoms with Gasteiger partial charge < -0.3 is 5.32 Å². The first kappa shape index (κ1) is 15.9. The molecule has 7 heteroatoms. The number of hydrogen-bond donors (Lipinski definition) is 1. The van der Waals surface area contributed by atoms with E-state index in [1.807, 2.05) is 49.4 Å². The summed E-state index contributed by atoms with van der Waals surface area (Å²) in [6, 6.07) is 15.0. The Morgan fingerprint density at radius 1 is 1.12 bits per heavy atom. The van der Waals surface area contributed by atoms with Gasteiger partial charge in [0, 0.05) is 18.0 Å². The molecule has 0 radical (unpaired) electrons. The third kappa shape index (κ3) is 3.02. The SMILES string of the molecule is CC(NC(=O)c1cc(-c2ccccc2)nc2ncnn12)c1ccncc1. The minimum atomic E-state index is -0.246. The van der Waals surface area contributed by atoms with Crippen LogP contribution in [0.15, 0.2) is 67.3 Å². The molecule has 4 aromatic rings. The quantitative estimate of drug-likeness (QED) is 0.615. The summed E-state index contributed by atoms with van der Waals surface area (Å²) in [7, 11) is 0. The molecular weight excluding hydrogens is 328 g/mol. The first-order chi connectivity index (χ1) is 12.7. The number of nitrogens with zero attached hydrogens (tertiary/aromatic N) is 5. The number of carbonyl (C=O) groups is 1. The largest absolute Gasteiger partial charge is 0.344 e. The molecule has 1 aromatic carbocycles. The highest BCUT2D eigenvalue weighted by Crippen LogP contribution is 2.19. The number of rotatable bonds is 4. The molecule has 0 saturated heterocycles. The summed E-state index contributed by atoms with van der Waals surface area (Å²) in [5, 5.41) is 7.12. The van der Waals surface area contributed by atoms with Crippen molar-refractivity contribution in [3.63, 3.8) is 0 Å². The summed E-state index contributed by atoms with van der Waals surface area (Å²) in [4.78, 5) is 25.5. The lowest BCUT2D eigenvalue weighted by Crippen LogP contribution is -2.28. The van der Waals surface area contributed by atoms with E-state index in [1.54, 1.807) is 18.5 Å². The van der Waals surface area contributed by atoms with Gasteiger partial charge in [-0.05, 0) is 30.7 Å². The highest BCUT2D eigenvalue weighted by molar-refractivity contribution is 5.94. The van der Waals surface area contributed by atoms with Crippen molar-refractivity contribution < 1.29 is 4.79 Å². The smallest absolute Gasteiger partial charge is 0.270 e. The molecular formula is C19H16N6O. The molecule has 1 atom stereocenters. The lowest BCUT2D eigenvalue weighted by Gasteiger charge is -2.15. The van der Waals surface area contributed by atoms with Crippen molar-refractivity contribution in [2.75, 3.05) is 0 Å². The number of pyridine rings is 1. The number of carbonyl (C=O) groups excluding carboxylic acids is 1.